The van der Waals surface area contributed by atoms with Gasteiger partial charge in [-0.2, -0.15) is 0 Å². The second-order valence-corrected chi connectivity index (χ2v) is 11.0. The van der Waals surface area contributed by atoms with Crippen LogP contribution in [0.1, 0.15) is 114 Å². The van der Waals surface area contributed by atoms with E-state index >= 15 is 0 Å². The Bertz CT molecular complexity index is 296. The Morgan fingerprint density at radius 1 is 0.654 bits per heavy atom. The molecule has 0 aromatic carbocycles. The van der Waals surface area contributed by atoms with E-state index in [1.807, 2.05) is 0 Å². The molecule has 158 valence electrons. The molecule has 0 aliphatic rings. The van der Waals surface area contributed by atoms with Crippen LogP contribution in [-0.2, 0) is 9.47 Å². The van der Waals surface area contributed by atoms with E-state index in [0.29, 0.717) is 22.7 Å². The van der Waals surface area contributed by atoms with E-state index in [2.05, 4.69) is 62.3 Å². The second kappa shape index (κ2) is 13.2. The van der Waals surface area contributed by atoms with Gasteiger partial charge in [0.1, 0.15) is 0 Å². The van der Waals surface area contributed by atoms with Crippen LogP contribution in [0.15, 0.2) is 0 Å². The van der Waals surface area contributed by atoms with Gasteiger partial charge in [-0.1, -0.05) is 75.2 Å². The molecule has 0 heterocycles. The van der Waals surface area contributed by atoms with Crippen LogP contribution in [0.25, 0.3) is 0 Å². The quantitative estimate of drug-likeness (QED) is 0.229. The molecule has 26 heavy (non-hydrogen) atoms. The van der Waals surface area contributed by atoms with Crippen molar-refractivity contribution < 1.29 is 9.47 Å². The minimum Gasteiger partial charge on any atom is -0.353 e. The highest BCUT2D eigenvalue weighted by Crippen LogP contribution is 2.27. The van der Waals surface area contributed by atoms with Gasteiger partial charge in [-0.25, -0.2) is 0 Å². The normalized spacial score (nSPS) is 16.5. The van der Waals surface area contributed by atoms with Gasteiger partial charge in [-0.15, -0.1) is 0 Å². The Morgan fingerprint density at radius 2 is 1.08 bits per heavy atom. The van der Waals surface area contributed by atoms with Crippen molar-refractivity contribution in [3.05, 3.63) is 0 Å². The fourth-order valence-corrected chi connectivity index (χ4v) is 3.87. The van der Waals surface area contributed by atoms with Gasteiger partial charge in [0.15, 0.2) is 6.29 Å². The lowest BCUT2D eigenvalue weighted by Gasteiger charge is -2.25. The summed E-state index contributed by atoms with van der Waals surface area (Å²) in [6.07, 6.45) is 9.51. The lowest BCUT2D eigenvalue weighted by molar-refractivity contribution is -0.151. The molecule has 0 amide bonds. The van der Waals surface area contributed by atoms with E-state index < -0.39 is 0 Å². The average Bonchev–Trinajstić information content (AvgIpc) is 2.43. The zero-order valence-electron chi connectivity index (χ0n) is 19.6. The van der Waals surface area contributed by atoms with Crippen molar-refractivity contribution in [2.75, 3.05) is 13.2 Å². The fraction of sp³-hybridized carbons (Fsp3) is 1.00. The largest absolute Gasteiger partial charge is 0.353 e. The Labute approximate surface area is 165 Å². The number of hydrogen-bond acceptors (Lipinski definition) is 2. The molecule has 0 aliphatic carbocycles. The van der Waals surface area contributed by atoms with Gasteiger partial charge in [0.2, 0.25) is 0 Å². The first kappa shape index (κ1) is 25.9. The van der Waals surface area contributed by atoms with Gasteiger partial charge < -0.3 is 9.47 Å². The average molecular weight is 371 g/mol. The number of ether oxygens (including phenoxy) is 2. The van der Waals surface area contributed by atoms with E-state index in [9.17, 15) is 0 Å². The first-order chi connectivity index (χ1) is 11.9. The van der Waals surface area contributed by atoms with Crippen molar-refractivity contribution >= 4 is 0 Å². The fourth-order valence-electron chi connectivity index (χ4n) is 3.87. The number of unbranched alkanes of at least 4 members (excludes halogenated alkanes) is 2. The standard InChI is InChI=1S/C24H50O2/c1-10-11-12-13-22(25-16-14-20(2)18-23(4,5)6)26-17-15-21(3)19-24(7,8)9/h20-22H,10-19H2,1-9H3. The third-order valence-electron chi connectivity index (χ3n) is 4.79. The summed E-state index contributed by atoms with van der Waals surface area (Å²) in [6, 6.07) is 0. The highest BCUT2D eigenvalue weighted by Gasteiger charge is 2.18. The molecular weight excluding hydrogens is 320 g/mol. The molecular formula is C24H50O2. The van der Waals surface area contributed by atoms with E-state index in [0.717, 1.165) is 32.5 Å². The van der Waals surface area contributed by atoms with Crippen molar-refractivity contribution in [3.63, 3.8) is 0 Å². The molecule has 0 N–H and O–H groups in total. The van der Waals surface area contributed by atoms with Crippen molar-refractivity contribution in [1.82, 2.24) is 0 Å². The van der Waals surface area contributed by atoms with E-state index in [1.54, 1.807) is 0 Å². The Hall–Kier alpha value is -0.0800. The Balaban J connectivity index is 4.18. The monoisotopic (exact) mass is 370 g/mol. The highest BCUT2D eigenvalue weighted by atomic mass is 16.7. The van der Waals surface area contributed by atoms with Crippen LogP contribution in [0.4, 0.5) is 0 Å². The molecule has 2 atom stereocenters. The maximum atomic E-state index is 6.13. The molecule has 0 radical (unpaired) electrons. The summed E-state index contributed by atoms with van der Waals surface area (Å²) in [5.74, 6) is 1.41. The van der Waals surface area contributed by atoms with Crippen LogP contribution in [0, 0.1) is 22.7 Å². The zero-order chi connectivity index (χ0) is 20.2. The van der Waals surface area contributed by atoms with E-state index in [4.69, 9.17) is 9.47 Å². The molecule has 2 nitrogen and oxygen atoms in total. The molecule has 0 aromatic heterocycles. The van der Waals surface area contributed by atoms with Crippen LogP contribution < -0.4 is 0 Å². The van der Waals surface area contributed by atoms with Crippen molar-refractivity contribution in [3.8, 4) is 0 Å². The lowest BCUT2D eigenvalue weighted by Crippen LogP contribution is -2.21. The van der Waals surface area contributed by atoms with Gasteiger partial charge in [0.25, 0.3) is 0 Å². The number of hydrogen-bond donors (Lipinski definition) is 0. The smallest absolute Gasteiger partial charge is 0.157 e. The lowest BCUT2D eigenvalue weighted by atomic mass is 9.84. The summed E-state index contributed by atoms with van der Waals surface area (Å²) in [5, 5.41) is 0. The third-order valence-corrected chi connectivity index (χ3v) is 4.79. The van der Waals surface area contributed by atoms with Crippen molar-refractivity contribution in [2.45, 2.75) is 120 Å². The summed E-state index contributed by atoms with van der Waals surface area (Å²) < 4.78 is 12.3. The van der Waals surface area contributed by atoms with E-state index in [1.165, 1.54) is 32.1 Å². The molecule has 0 saturated heterocycles. The summed E-state index contributed by atoms with van der Waals surface area (Å²) in [6.45, 7) is 22.5. The maximum absolute atomic E-state index is 6.13. The Morgan fingerprint density at radius 3 is 1.42 bits per heavy atom. The molecule has 0 bridgehead atoms. The van der Waals surface area contributed by atoms with Crippen molar-refractivity contribution in [1.29, 1.82) is 0 Å². The SMILES string of the molecule is CCCCCC(OCCC(C)CC(C)(C)C)OCCC(C)CC(C)(C)C. The highest BCUT2D eigenvalue weighted by molar-refractivity contribution is 4.67. The van der Waals surface area contributed by atoms with Gasteiger partial charge in [0, 0.05) is 13.2 Å². The van der Waals surface area contributed by atoms with Crippen molar-refractivity contribution in [2.24, 2.45) is 22.7 Å². The summed E-state index contributed by atoms with van der Waals surface area (Å²) in [4.78, 5) is 0. The Kier molecular flexibility index (Phi) is 13.1. The zero-order valence-corrected chi connectivity index (χ0v) is 19.6. The van der Waals surface area contributed by atoms with E-state index in [-0.39, 0.29) is 6.29 Å². The predicted molar refractivity (Wildman–Crippen MR) is 116 cm³/mol. The molecule has 0 aromatic rings. The molecule has 2 unspecified atom stereocenters. The van der Waals surface area contributed by atoms with Gasteiger partial charge in [0.05, 0.1) is 0 Å². The van der Waals surface area contributed by atoms with Crippen LogP contribution in [0.5, 0.6) is 0 Å². The first-order valence-corrected chi connectivity index (χ1v) is 11.2. The third kappa shape index (κ3) is 17.3. The van der Waals surface area contributed by atoms with Crippen LogP contribution >= 0.6 is 0 Å². The maximum Gasteiger partial charge on any atom is 0.157 e. The molecule has 0 aliphatic heterocycles. The summed E-state index contributed by atoms with van der Waals surface area (Å²) in [5.41, 5.74) is 0.805. The molecule has 0 spiro atoms. The van der Waals surface area contributed by atoms with Gasteiger partial charge >= 0.3 is 0 Å². The minimum absolute atomic E-state index is 0.00905. The summed E-state index contributed by atoms with van der Waals surface area (Å²) >= 11 is 0. The summed E-state index contributed by atoms with van der Waals surface area (Å²) in [7, 11) is 0. The molecule has 0 rings (SSSR count). The number of rotatable bonds is 14. The predicted octanol–water partition coefficient (Wildman–Crippen LogP) is 7.85. The van der Waals surface area contributed by atoms with Gasteiger partial charge in [-0.3, -0.25) is 0 Å². The van der Waals surface area contributed by atoms with Crippen LogP contribution in [0.3, 0.4) is 0 Å². The second-order valence-electron chi connectivity index (χ2n) is 11.0. The first-order valence-electron chi connectivity index (χ1n) is 11.2. The molecule has 0 saturated carbocycles. The van der Waals surface area contributed by atoms with Gasteiger partial charge in [-0.05, 0) is 61.2 Å². The minimum atomic E-state index is -0.00905. The van der Waals surface area contributed by atoms with Crippen LogP contribution in [-0.4, -0.2) is 19.5 Å². The molecule has 0 fully saturated rings. The topological polar surface area (TPSA) is 18.5 Å². The van der Waals surface area contributed by atoms with Crippen LogP contribution in [0.2, 0.25) is 0 Å². The molecule has 2 heteroatoms.